The Bertz CT molecular complexity index is 129. The second-order valence-electron chi connectivity index (χ2n) is 5.07. The molecule has 0 amide bonds. The molecule has 1 saturated heterocycles. The van der Waals surface area contributed by atoms with Crippen molar-refractivity contribution in [2.24, 2.45) is 0 Å². The second-order valence-corrected chi connectivity index (χ2v) is 10.4. The Hall–Kier alpha value is 0.217. The van der Waals surface area contributed by atoms with Crippen LogP contribution in [0.2, 0.25) is 24.7 Å². The third-order valence-corrected chi connectivity index (χ3v) is 8.06. The summed E-state index contributed by atoms with van der Waals surface area (Å²) >= 11 is 0. The lowest BCUT2D eigenvalue weighted by atomic mass is 10.1. The van der Waals surface area contributed by atoms with Crippen LogP contribution in [0, 0.1) is 0 Å². The Labute approximate surface area is 78.8 Å². The SMILES string of the molecule is CCCCC1CCCC[Si]1(C)C. The van der Waals surface area contributed by atoms with Crippen LogP contribution in [-0.4, -0.2) is 8.07 Å². The number of unbranched alkanes of at least 4 members (excludes halogenated alkanes) is 1. The summed E-state index contributed by atoms with van der Waals surface area (Å²) in [7, 11) is -0.757. The van der Waals surface area contributed by atoms with Crippen LogP contribution in [0.1, 0.15) is 45.4 Å². The number of hydrogen-bond acceptors (Lipinski definition) is 0. The molecule has 12 heavy (non-hydrogen) atoms. The van der Waals surface area contributed by atoms with Crippen molar-refractivity contribution < 1.29 is 0 Å². The largest absolute Gasteiger partial charge is 0.0691 e. The summed E-state index contributed by atoms with van der Waals surface area (Å²) in [6.07, 6.45) is 9.00. The molecule has 1 atom stereocenters. The molecule has 0 radical (unpaired) electrons. The average molecular weight is 184 g/mol. The van der Waals surface area contributed by atoms with E-state index in [0.717, 1.165) is 5.54 Å². The molecule has 1 unspecified atom stereocenters. The molecule has 1 rings (SSSR count). The van der Waals surface area contributed by atoms with E-state index in [0.29, 0.717) is 0 Å². The third-order valence-electron chi connectivity index (χ3n) is 3.64. The van der Waals surface area contributed by atoms with Crippen molar-refractivity contribution in [2.75, 3.05) is 0 Å². The highest BCUT2D eigenvalue weighted by molar-refractivity contribution is 6.78. The molecule has 1 aliphatic rings. The summed E-state index contributed by atoms with van der Waals surface area (Å²) in [6.45, 7) is 7.52. The lowest BCUT2D eigenvalue weighted by molar-refractivity contribution is 0.554. The summed E-state index contributed by atoms with van der Waals surface area (Å²) in [5.41, 5.74) is 1.16. The molecule has 0 N–H and O–H groups in total. The zero-order valence-electron chi connectivity index (χ0n) is 9.03. The van der Waals surface area contributed by atoms with Gasteiger partial charge in [-0.05, 0) is 5.54 Å². The number of hydrogen-bond donors (Lipinski definition) is 0. The van der Waals surface area contributed by atoms with E-state index in [-0.39, 0.29) is 0 Å². The molecule has 0 aromatic rings. The summed E-state index contributed by atoms with van der Waals surface area (Å²) in [6, 6.07) is 1.60. The van der Waals surface area contributed by atoms with Gasteiger partial charge in [0.2, 0.25) is 0 Å². The van der Waals surface area contributed by atoms with Gasteiger partial charge in [-0.1, -0.05) is 64.6 Å². The quantitative estimate of drug-likeness (QED) is 0.569. The van der Waals surface area contributed by atoms with E-state index in [9.17, 15) is 0 Å². The summed E-state index contributed by atoms with van der Waals surface area (Å²) < 4.78 is 0. The minimum Gasteiger partial charge on any atom is -0.0691 e. The lowest BCUT2D eigenvalue weighted by Gasteiger charge is -2.37. The maximum atomic E-state index is 2.60. The first kappa shape index (κ1) is 10.3. The van der Waals surface area contributed by atoms with Crippen LogP contribution in [0.4, 0.5) is 0 Å². The van der Waals surface area contributed by atoms with Gasteiger partial charge in [0.1, 0.15) is 0 Å². The van der Waals surface area contributed by atoms with Crippen LogP contribution in [0.25, 0.3) is 0 Å². The standard InChI is InChI=1S/C11H24Si/c1-4-5-8-11-9-6-7-10-12(11,2)3/h11H,4-10H2,1-3H3. The molecule has 0 aromatic heterocycles. The van der Waals surface area contributed by atoms with E-state index in [1.807, 2.05) is 0 Å². The zero-order chi connectivity index (χ0) is 9.03. The van der Waals surface area contributed by atoms with E-state index < -0.39 is 8.07 Å². The van der Waals surface area contributed by atoms with Crippen molar-refractivity contribution in [3.05, 3.63) is 0 Å². The van der Waals surface area contributed by atoms with Crippen LogP contribution in [0.15, 0.2) is 0 Å². The van der Waals surface area contributed by atoms with E-state index in [4.69, 9.17) is 0 Å². The van der Waals surface area contributed by atoms with Gasteiger partial charge in [0, 0.05) is 0 Å². The highest BCUT2D eigenvalue weighted by Crippen LogP contribution is 2.40. The van der Waals surface area contributed by atoms with Crippen LogP contribution < -0.4 is 0 Å². The molecule has 1 heterocycles. The lowest BCUT2D eigenvalue weighted by Crippen LogP contribution is -2.35. The molecule has 72 valence electrons. The predicted molar refractivity (Wildman–Crippen MR) is 59.4 cm³/mol. The molecule has 0 aliphatic carbocycles. The normalized spacial score (nSPS) is 28.8. The Morgan fingerprint density at radius 1 is 1.25 bits per heavy atom. The first-order chi connectivity index (χ1) is 5.67. The van der Waals surface area contributed by atoms with E-state index in [1.165, 1.54) is 32.1 Å². The minimum atomic E-state index is -0.757. The highest BCUT2D eigenvalue weighted by atomic mass is 28.3. The Balaban J connectivity index is 2.37. The molecular weight excluding hydrogens is 160 g/mol. The summed E-state index contributed by atoms with van der Waals surface area (Å²) in [5.74, 6) is 0. The van der Waals surface area contributed by atoms with Gasteiger partial charge in [-0.3, -0.25) is 0 Å². The number of rotatable bonds is 3. The summed E-state index contributed by atoms with van der Waals surface area (Å²) in [5, 5.41) is 0. The monoisotopic (exact) mass is 184 g/mol. The van der Waals surface area contributed by atoms with Crippen molar-refractivity contribution in [1.82, 2.24) is 0 Å². The van der Waals surface area contributed by atoms with Crippen LogP contribution in [0.5, 0.6) is 0 Å². The average Bonchev–Trinajstić information content (AvgIpc) is 2.02. The fraction of sp³-hybridized carbons (Fsp3) is 1.00. The van der Waals surface area contributed by atoms with Crippen molar-refractivity contribution in [2.45, 2.75) is 70.1 Å². The van der Waals surface area contributed by atoms with Crippen LogP contribution in [0.3, 0.4) is 0 Å². The first-order valence-electron chi connectivity index (χ1n) is 5.67. The third kappa shape index (κ3) is 2.62. The van der Waals surface area contributed by atoms with Crippen molar-refractivity contribution >= 4 is 8.07 Å². The second kappa shape index (κ2) is 4.45. The molecule has 0 aromatic carbocycles. The Kier molecular flexibility index (Phi) is 3.82. The fourth-order valence-corrected chi connectivity index (χ4v) is 6.09. The van der Waals surface area contributed by atoms with Gasteiger partial charge < -0.3 is 0 Å². The topological polar surface area (TPSA) is 0 Å². The molecule has 0 saturated carbocycles. The van der Waals surface area contributed by atoms with Gasteiger partial charge in [-0.15, -0.1) is 0 Å². The van der Waals surface area contributed by atoms with E-state index >= 15 is 0 Å². The van der Waals surface area contributed by atoms with Crippen molar-refractivity contribution in [3.63, 3.8) is 0 Å². The van der Waals surface area contributed by atoms with Gasteiger partial charge >= 0.3 is 0 Å². The van der Waals surface area contributed by atoms with Gasteiger partial charge in [-0.2, -0.15) is 0 Å². The molecular formula is C11H24Si. The molecule has 0 spiro atoms. The van der Waals surface area contributed by atoms with Crippen molar-refractivity contribution in [3.8, 4) is 0 Å². The maximum absolute atomic E-state index is 2.60. The molecule has 0 bridgehead atoms. The zero-order valence-corrected chi connectivity index (χ0v) is 10.0. The Morgan fingerprint density at radius 3 is 2.58 bits per heavy atom. The van der Waals surface area contributed by atoms with Gasteiger partial charge in [0.05, 0.1) is 8.07 Å². The van der Waals surface area contributed by atoms with Crippen LogP contribution in [-0.2, 0) is 0 Å². The first-order valence-corrected chi connectivity index (χ1v) is 8.95. The minimum absolute atomic E-state index is 0.757. The summed E-state index contributed by atoms with van der Waals surface area (Å²) in [4.78, 5) is 0. The van der Waals surface area contributed by atoms with E-state index in [2.05, 4.69) is 20.0 Å². The predicted octanol–water partition coefficient (Wildman–Crippen LogP) is 4.44. The fourth-order valence-electron chi connectivity index (χ4n) is 2.55. The van der Waals surface area contributed by atoms with Gasteiger partial charge in [0.25, 0.3) is 0 Å². The smallest absolute Gasteiger partial charge is 0.0504 e. The van der Waals surface area contributed by atoms with Crippen LogP contribution >= 0.6 is 0 Å². The molecule has 0 nitrogen and oxygen atoms in total. The van der Waals surface area contributed by atoms with Gasteiger partial charge in [0.15, 0.2) is 0 Å². The molecule has 1 aliphatic heterocycles. The molecule has 1 heteroatoms. The maximum Gasteiger partial charge on any atom is 0.0504 e. The van der Waals surface area contributed by atoms with Crippen molar-refractivity contribution in [1.29, 1.82) is 0 Å². The highest BCUT2D eigenvalue weighted by Gasteiger charge is 2.32. The van der Waals surface area contributed by atoms with E-state index in [1.54, 1.807) is 12.5 Å². The Morgan fingerprint density at radius 2 is 2.00 bits per heavy atom. The van der Waals surface area contributed by atoms with Gasteiger partial charge in [-0.25, -0.2) is 0 Å². The molecule has 1 fully saturated rings.